The fourth-order valence-electron chi connectivity index (χ4n) is 2.63. The van der Waals surface area contributed by atoms with Crippen molar-refractivity contribution in [2.75, 3.05) is 42.6 Å². The Morgan fingerprint density at radius 1 is 1.31 bits per heavy atom. The molecule has 0 unspecified atom stereocenters. The molecule has 0 atom stereocenters. The smallest absolute Gasteiger partial charge is 0.243 e. The molecule has 0 aliphatic carbocycles. The Bertz CT molecular complexity index is 790. The van der Waals surface area contributed by atoms with Gasteiger partial charge in [-0.2, -0.15) is 11.8 Å². The lowest BCUT2D eigenvalue weighted by molar-refractivity contribution is -0.119. The second-order valence-electron chi connectivity index (χ2n) is 5.83. The largest absolute Gasteiger partial charge is 0.293 e. The number of thioether (sulfide) groups is 1. The average Bonchev–Trinajstić information content (AvgIpc) is 3.12. The highest BCUT2D eigenvalue weighted by atomic mass is 35.5. The number of anilines is 1. The normalized spacial score (nSPS) is 15.0. The van der Waals surface area contributed by atoms with Gasteiger partial charge in [0.2, 0.25) is 5.91 Å². The summed E-state index contributed by atoms with van der Waals surface area (Å²) in [6.07, 6.45) is 1.73. The minimum absolute atomic E-state index is 0.0480. The maximum absolute atomic E-state index is 12.8. The molecule has 0 N–H and O–H groups in total. The molecule has 0 radical (unpaired) electrons. The number of halogens is 2. The highest BCUT2D eigenvalue weighted by molar-refractivity contribution is 7.99. The van der Waals surface area contributed by atoms with Crippen molar-refractivity contribution in [1.29, 1.82) is 0 Å². The van der Waals surface area contributed by atoms with Gasteiger partial charge in [-0.1, -0.05) is 35.3 Å². The third-order valence-corrected chi connectivity index (χ3v) is 6.56. The molecule has 1 amide bonds. The number of benzene rings is 1. The van der Waals surface area contributed by atoms with E-state index in [1.807, 2.05) is 23.2 Å². The predicted octanol–water partition coefficient (Wildman–Crippen LogP) is 4.68. The standard InChI is InChI=1S/C18H19Cl2N3OS2/c1-2-5-23(17(24)11-22-6-8-25-9-7-22)18-21-16(12-26-18)13-3-4-14(19)15(20)10-13/h2-4,10,12H,1,5-9,11H2. The van der Waals surface area contributed by atoms with Crippen LogP contribution in [0.4, 0.5) is 5.13 Å². The monoisotopic (exact) mass is 427 g/mol. The van der Waals surface area contributed by atoms with Crippen LogP contribution in [0.5, 0.6) is 0 Å². The summed E-state index contributed by atoms with van der Waals surface area (Å²) in [6, 6.07) is 5.41. The number of hydrogen-bond donors (Lipinski definition) is 0. The second-order valence-corrected chi connectivity index (χ2v) is 8.70. The van der Waals surface area contributed by atoms with Gasteiger partial charge in [-0.25, -0.2) is 4.98 Å². The lowest BCUT2D eigenvalue weighted by Crippen LogP contribution is -2.43. The van der Waals surface area contributed by atoms with Gasteiger partial charge in [0, 0.05) is 42.1 Å². The molecule has 2 heterocycles. The lowest BCUT2D eigenvalue weighted by atomic mass is 10.2. The van der Waals surface area contributed by atoms with E-state index in [9.17, 15) is 4.79 Å². The summed E-state index contributed by atoms with van der Waals surface area (Å²) in [6.45, 7) is 6.53. The van der Waals surface area contributed by atoms with Crippen LogP contribution in [0, 0.1) is 0 Å². The molecule has 8 heteroatoms. The summed E-state index contributed by atoms with van der Waals surface area (Å²) in [7, 11) is 0. The van der Waals surface area contributed by atoms with Gasteiger partial charge in [-0.05, 0) is 12.1 Å². The van der Waals surface area contributed by atoms with Crippen molar-refractivity contribution in [1.82, 2.24) is 9.88 Å². The lowest BCUT2D eigenvalue weighted by Gasteiger charge is -2.28. The van der Waals surface area contributed by atoms with Gasteiger partial charge >= 0.3 is 0 Å². The fourth-order valence-corrected chi connectivity index (χ4v) is 4.77. The molecule has 1 aromatic carbocycles. The van der Waals surface area contributed by atoms with E-state index in [4.69, 9.17) is 23.2 Å². The molecule has 0 bridgehead atoms. The predicted molar refractivity (Wildman–Crippen MR) is 114 cm³/mol. The Balaban J connectivity index is 1.77. The van der Waals surface area contributed by atoms with Crippen molar-refractivity contribution in [3.05, 3.63) is 46.3 Å². The molecular formula is C18H19Cl2N3OS2. The SMILES string of the molecule is C=CCN(C(=O)CN1CCSCC1)c1nc(-c2ccc(Cl)c(Cl)c2)cs1. The third-order valence-electron chi connectivity index (χ3n) is 4.01. The van der Waals surface area contributed by atoms with Crippen LogP contribution in [0.2, 0.25) is 10.0 Å². The number of hydrogen-bond acceptors (Lipinski definition) is 5. The summed E-state index contributed by atoms with van der Waals surface area (Å²) in [5, 5.41) is 3.59. The Morgan fingerprint density at radius 3 is 2.77 bits per heavy atom. The van der Waals surface area contributed by atoms with Crippen molar-refractivity contribution in [2.24, 2.45) is 0 Å². The van der Waals surface area contributed by atoms with Gasteiger partial charge in [0.25, 0.3) is 0 Å². The van der Waals surface area contributed by atoms with Gasteiger partial charge in [0.15, 0.2) is 5.13 Å². The van der Waals surface area contributed by atoms with Crippen molar-refractivity contribution >= 4 is 57.3 Å². The maximum Gasteiger partial charge on any atom is 0.243 e. The highest BCUT2D eigenvalue weighted by Gasteiger charge is 2.22. The van der Waals surface area contributed by atoms with Crippen LogP contribution in [-0.2, 0) is 4.79 Å². The van der Waals surface area contributed by atoms with Crippen LogP contribution in [0.25, 0.3) is 11.3 Å². The molecule has 1 aliphatic heterocycles. The van der Waals surface area contributed by atoms with E-state index in [2.05, 4.69) is 16.5 Å². The molecular weight excluding hydrogens is 409 g/mol. The van der Waals surface area contributed by atoms with E-state index < -0.39 is 0 Å². The molecule has 1 aliphatic rings. The first kappa shape index (κ1) is 19.7. The molecule has 2 aromatic rings. The Hall–Kier alpha value is -1.05. The number of rotatable bonds is 6. The van der Waals surface area contributed by atoms with E-state index >= 15 is 0 Å². The molecule has 1 saturated heterocycles. The van der Waals surface area contributed by atoms with E-state index in [1.165, 1.54) is 11.3 Å². The first-order chi connectivity index (χ1) is 12.6. The summed E-state index contributed by atoms with van der Waals surface area (Å²) >= 11 is 15.5. The molecule has 1 fully saturated rings. The zero-order valence-corrected chi connectivity index (χ0v) is 17.3. The van der Waals surface area contributed by atoms with Gasteiger partial charge in [0.1, 0.15) is 0 Å². The number of aromatic nitrogens is 1. The summed E-state index contributed by atoms with van der Waals surface area (Å²) < 4.78 is 0. The van der Waals surface area contributed by atoms with E-state index in [-0.39, 0.29) is 5.91 Å². The van der Waals surface area contributed by atoms with Gasteiger partial charge in [-0.3, -0.25) is 14.6 Å². The van der Waals surface area contributed by atoms with Crippen LogP contribution in [-0.4, -0.2) is 53.5 Å². The molecule has 4 nitrogen and oxygen atoms in total. The van der Waals surface area contributed by atoms with Gasteiger partial charge < -0.3 is 0 Å². The first-order valence-corrected chi connectivity index (χ1v) is 11.0. The number of nitrogens with zero attached hydrogens (tertiary/aromatic N) is 3. The third kappa shape index (κ3) is 4.81. The number of amides is 1. The highest BCUT2D eigenvalue weighted by Crippen LogP contribution is 2.31. The van der Waals surface area contributed by atoms with Crippen molar-refractivity contribution < 1.29 is 4.79 Å². The maximum atomic E-state index is 12.8. The Morgan fingerprint density at radius 2 is 2.08 bits per heavy atom. The van der Waals surface area contributed by atoms with Crippen LogP contribution in [0.15, 0.2) is 36.2 Å². The molecule has 26 heavy (non-hydrogen) atoms. The summed E-state index contributed by atoms with van der Waals surface area (Å²) in [4.78, 5) is 21.3. The fraction of sp³-hybridized carbons (Fsp3) is 0.333. The van der Waals surface area contributed by atoms with Crippen LogP contribution in [0.1, 0.15) is 0 Å². The Labute approximate surface area is 171 Å². The van der Waals surface area contributed by atoms with E-state index in [0.29, 0.717) is 28.3 Å². The zero-order chi connectivity index (χ0) is 18.5. The topological polar surface area (TPSA) is 36.4 Å². The minimum atomic E-state index is 0.0480. The number of carbonyl (C=O) groups excluding carboxylic acids is 1. The van der Waals surface area contributed by atoms with Crippen molar-refractivity contribution in [3.63, 3.8) is 0 Å². The second kappa shape index (κ2) is 9.24. The molecule has 0 saturated carbocycles. The van der Waals surface area contributed by atoms with Crippen LogP contribution < -0.4 is 4.90 Å². The van der Waals surface area contributed by atoms with E-state index in [0.717, 1.165) is 35.9 Å². The quantitative estimate of drug-likeness (QED) is 0.626. The van der Waals surface area contributed by atoms with Gasteiger partial charge in [-0.15, -0.1) is 17.9 Å². The summed E-state index contributed by atoms with van der Waals surface area (Å²) in [5.41, 5.74) is 1.65. The minimum Gasteiger partial charge on any atom is -0.293 e. The van der Waals surface area contributed by atoms with Crippen LogP contribution in [0.3, 0.4) is 0 Å². The van der Waals surface area contributed by atoms with E-state index in [1.54, 1.807) is 23.1 Å². The first-order valence-electron chi connectivity index (χ1n) is 8.21. The van der Waals surface area contributed by atoms with Crippen molar-refractivity contribution in [2.45, 2.75) is 0 Å². The number of carbonyl (C=O) groups is 1. The number of thiazole rings is 1. The van der Waals surface area contributed by atoms with Crippen LogP contribution >= 0.6 is 46.3 Å². The molecule has 0 spiro atoms. The van der Waals surface area contributed by atoms with Crippen molar-refractivity contribution in [3.8, 4) is 11.3 Å². The Kier molecular flexibility index (Phi) is 7.00. The zero-order valence-electron chi connectivity index (χ0n) is 14.2. The molecule has 1 aromatic heterocycles. The van der Waals surface area contributed by atoms with Gasteiger partial charge in [0.05, 0.1) is 22.3 Å². The summed E-state index contributed by atoms with van der Waals surface area (Å²) in [5.74, 6) is 2.20. The average molecular weight is 428 g/mol. The molecule has 3 rings (SSSR count). The molecule has 138 valence electrons.